The maximum absolute atomic E-state index is 14.1. The molecule has 3 rings (SSSR count). The first kappa shape index (κ1) is 30.3. The number of alkyl halides is 3. The molecule has 214 valence electrons. The van der Waals surface area contributed by atoms with Crippen molar-refractivity contribution in [1.82, 2.24) is 4.98 Å². The molecule has 0 amide bonds. The molecule has 2 aliphatic heterocycles. The van der Waals surface area contributed by atoms with Crippen LogP contribution in [0.1, 0.15) is 78.3 Å². The summed E-state index contributed by atoms with van der Waals surface area (Å²) in [7, 11) is 0. The van der Waals surface area contributed by atoms with E-state index in [1.165, 1.54) is 27.0 Å². The minimum atomic E-state index is -4.65. The summed E-state index contributed by atoms with van der Waals surface area (Å²) < 4.78 is 58.5. The Hall–Kier alpha value is -2.24. The maximum Gasteiger partial charge on any atom is 0.420 e. The highest BCUT2D eigenvalue weighted by Crippen LogP contribution is 2.55. The van der Waals surface area contributed by atoms with Crippen LogP contribution in [0.15, 0.2) is 16.3 Å². The average Bonchev–Trinajstić information content (AvgIpc) is 3.38. The molecule has 2 fully saturated rings. The molecular formula is C27H38F3NO7. The zero-order chi connectivity index (χ0) is 28.6. The molecule has 2 N–H and O–H groups in total. The van der Waals surface area contributed by atoms with Crippen LogP contribution in [0.4, 0.5) is 13.2 Å². The number of rotatable bonds is 2. The number of aryl methyl sites for hydroxylation is 1. The number of cyclic esters (lactones) is 1. The standard InChI is InChI=1S/C27H38F3NO7/c1-14-8-7-9-26(27(28,29)30)21(38-26)11-19(15(2)10-18-13-36-17(4)31-18)37-22(33)12-20(32)25(5,6)24(35)16(3)23(14)34/h10,13-14,16,19-21,23,32,34H,7-9,11-12H2,1-6H3/b15-10+/t14-,16+,19-,20-,21?,23-,26?/m0/s1. The minimum Gasteiger partial charge on any atom is -0.458 e. The summed E-state index contributed by atoms with van der Waals surface area (Å²) in [6, 6.07) is 0. The van der Waals surface area contributed by atoms with Gasteiger partial charge in [0.05, 0.1) is 24.0 Å². The van der Waals surface area contributed by atoms with Gasteiger partial charge < -0.3 is 24.1 Å². The third kappa shape index (κ3) is 6.31. The van der Waals surface area contributed by atoms with Crippen LogP contribution in [-0.4, -0.2) is 63.1 Å². The van der Waals surface area contributed by atoms with Gasteiger partial charge in [-0.1, -0.05) is 27.7 Å². The topological polar surface area (TPSA) is 122 Å². The van der Waals surface area contributed by atoms with Gasteiger partial charge in [-0.25, -0.2) is 4.98 Å². The van der Waals surface area contributed by atoms with Gasteiger partial charge in [0, 0.05) is 19.3 Å². The number of ether oxygens (including phenoxy) is 2. The number of carbonyl (C=O) groups is 2. The number of hydrogen-bond acceptors (Lipinski definition) is 8. The van der Waals surface area contributed by atoms with Gasteiger partial charge in [-0.2, -0.15) is 13.2 Å². The zero-order valence-electron chi connectivity index (χ0n) is 22.7. The van der Waals surface area contributed by atoms with Gasteiger partial charge in [0.2, 0.25) is 0 Å². The highest BCUT2D eigenvalue weighted by Gasteiger charge is 2.72. The number of ketones is 1. The van der Waals surface area contributed by atoms with Gasteiger partial charge in [0.1, 0.15) is 29.9 Å². The van der Waals surface area contributed by atoms with Crippen LogP contribution < -0.4 is 0 Å². The second kappa shape index (κ2) is 11.1. The van der Waals surface area contributed by atoms with Crippen LogP contribution in [0, 0.1) is 24.2 Å². The van der Waals surface area contributed by atoms with Gasteiger partial charge in [0.25, 0.3) is 0 Å². The number of oxazole rings is 1. The smallest absolute Gasteiger partial charge is 0.420 e. The molecule has 2 unspecified atom stereocenters. The fourth-order valence-corrected chi connectivity index (χ4v) is 5.24. The predicted molar refractivity (Wildman–Crippen MR) is 131 cm³/mol. The molecule has 0 bridgehead atoms. The van der Waals surface area contributed by atoms with Crippen molar-refractivity contribution >= 4 is 17.8 Å². The number of hydrogen-bond donors (Lipinski definition) is 2. The number of aliphatic hydroxyl groups excluding tert-OH is 2. The van der Waals surface area contributed by atoms with Crippen LogP contribution >= 0.6 is 0 Å². The molecule has 38 heavy (non-hydrogen) atoms. The number of Topliss-reactive ketones (excluding diaryl/α,β-unsaturated/α-hetero) is 1. The number of fused-ring (bicyclic) bond motifs is 1. The minimum absolute atomic E-state index is 0.110. The van der Waals surface area contributed by atoms with Gasteiger partial charge in [-0.05, 0) is 43.8 Å². The normalized spacial score (nSPS) is 35.9. The molecule has 2 saturated heterocycles. The summed E-state index contributed by atoms with van der Waals surface area (Å²) >= 11 is 0. The first-order valence-electron chi connectivity index (χ1n) is 12.9. The lowest BCUT2D eigenvalue weighted by Crippen LogP contribution is -2.46. The molecule has 0 aliphatic carbocycles. The number of nitrogens with zero attached hydrogens (tertiary/aromatic N) is 1. The Morgan fingerprint density at radius 3 is 2.45 bits per heavy atom. The Balaban J connectivity index is 1.94. The number of aromatic nitrogens is 1. The quantitative estimate of drug-likeness (QED) is 0.410. The van der Waals surface area contributed by atoms with Crippen molar-refractivity contribution < 1.29 is 46.9 Å². The molecular weight excluding hydrogens is 507 g/mol. The van der Waals surface area contributed by atoms with E-state index >= 15 is 0 Å². The maximum atomic E-state index is 14.1. The van der Waals surface area contributed by atoms with Crippen molar-refractivity contribution in [3.63, 3.8) is 0 Å². The molecule has 8 nitrogen and oxygen atoms in total. The Morgan fingerprint density at radius 1 is 1.21 bits per heavy atom. The molecule has 1 aromatic rings. The molecule has 11 heteroatoms. The molecule has 2 aliphatic rings. The molecule has 1 aromatic heterocycles. The molecule has 0 radical (unpaired) electrons. The number of carbonyl (C=O) groups excluding carboxylic acids is 2. The first-order valence-corrected chi connectivity index (χ1v) is 12.9. The van der Waals surface area contributed by atoms with E-state index in [0.717, 1.165) is 0 Å². The van der Waals surface area contributed by atoms with E-state index in [0.29, 0.717) is 17.2 Å². The zero-order valence-corrected chi connectivity index (χ0v) is 22.7. The van der Waals surface area contributed by atoms with Crippen LogP contribution in [-0.2, 0) is 19.1 Å². The summed E-state index contributed by atoms with van der Waals surface area (Å²) in [5, 5.41) is 21.6. The highest BCUT2D eigenvalue weighted by atomic mass is 19.4. The second-order valence-corrected chi connectivity index (χ2v) is 11.3. The van der Waals surface area contributed by atoms with Crippen molar-refractivity contribution in [3.8, 4) is 0 Å². The van der Waals surface area contributed by atoms with Gasteiger partial charge in [-0.15, -0.1) is 0 Å². The van der Waals surface area contributed by atoms with E-state index in [-0.39, 0.29) is 25.7 Å². The number of halogens is 3. The van der Waals surface area contributed by atoms with Crippen molar-refractivity contribution in [2.45, 2.75) is 110 Å². The highest BCUT2D eigenvalue weighted by molar-refractivity contribution is 5.88. The van der Waals surface area contributed by atoms with E-state index in [1.807, 2.05) is 0 Å². The fourth-order valence-electron chi connectivity index (χ4n) is 5.24. The Morgan fingerprint density at radius 2 is 1.87 bits per heavy atom. The van der Waals surface area contributed by atoms with Crippen molar-refractivity contribution in [1.29, 1.82) is 0 Å². The third-order valence-corrected chi connectivity index (χ3v) is 8.06. The Labute approximate surface area is 220 Å². The van der Waals surface area contributed by atoms with Crippen LogP contribution in [0.25, 0.3) is 6.08 Å². The van der Waals surface area contributed by atoms with Gasteiger partial charge >= 0.3 is 12.1 Å². The van der Waals surface area contributed by atoms with Crippen molar-refractivity contribution in [2.24, 2.45) is 17.3 Å². The molecule has 7 atom stereocenters. The lowest BCUT2D eigenvalue weighted by Gasteiger charge is -2.34. The van der Waals surface area contributed by atoms with Crippen LogP contribution in [0.2, 0.25) is 0 Å². The summed E-state index contributed by atoms with van der Waals surface area (Å²) in [5.41, 5.74) is -2.92. The van der Waals surface area contributed by atoms with Crippen LogP contribution in [0.5, 0.6) is 0 Å². The van der Waals surface area contributed by atoms with Gasteiger partial charge in [-0.3, -0.25) is 9.59 Å². The SMILES string of the molecule is C/C(=C\c1coc(C)n1)[C@@H]1CC2OC2(C(F)(F)F)CCC[C@H](C)[C@H](O)[C@@H](C)C(=O)C(C)(C)[C@@H](O)CC(=O)O1. The first-order chi connectivity index (χ1) is 17.5. The summed E-state index contributed by atoms with van der Waals surface area (Å²) in [5.74, 6) is -2.30. The molecule has 3 heterocycles. The lowest BCUT2D eigenvalue weighted by molar-refractivity contribution is -0.186. The predicted octanol–water partition coefficient (Wildman–Crippen LogP) is 4.55. The van der Waals surface area contributed by atoms with E-state index in [1.54, 1.807) is 26.8 Å². The molecule has 0 saturated carbocycles. The fraction of sp³-hybridized carbons (Fsp3) is 0.741. The van der Waals surface area contributed by atoms with E-state index in [9.17, 15) is 33.0 Å². The summed E-state index contributed by atoms with van der Waals surface area (Å²) in [6.45, 7) is 9.43. The second-order valence-electron chi connectivity index (χ2n) is 11.3. The van der Waals surface area contributed by atoms with E-state index in [2.05, 4.69) is 4.98 Å². The Bertz CT molecular complexity index is 1050. The molecule has 0 aromatic carbocycles. The molecule has 0 spiro atoms. The number of esters is 1. The third-order valence-electron chi connectivity index (χ3n) is 8.06. The summed E-state index contributed by atoms with van der Waals surface area (Å²) in [6.07, 6.45) is -7.38. The monoisotopic (exact) mass is 545 g/mol. The van der Waals surface area contributed by atoms with Gasteiger partial charge in [0.15, 0.2) is 11.5 Å². The van der Waals surface area contributed by atoms with Crippen molar-refractivity contribution in [3.05, 3.63) is 23.4 Å². The largest absolute Gasteiger partial charge is 0.458 e. The summed E-state index contributed by atoms with van der Waals surface area (Å²) in [4.78, 5) is 30.2. The Kier molecular flexibility index (Phi) is 8.85. The average molecular weight is 546 g/mol. The van der Waals surface area contributed by atoms with Crippen molar-refractivity contribution in [2.75, 3.05) is 0 Å². The number of epoxide rings is 1. The van der Waals surface area contributed by atoms with Crippen LogP contribution in [0.3, 0.4) is 0 Å². The lowest BCUT2D eigenvalue weighted by atomic mass is 9.73. The van der Waals surface area contributed by atoms with E-state index in [4.69, 9.17) is 13.9 Å². The van der Waals surface area contributed by atoms with E-state index < -0.39 is 71.6 Å². The number of aliphatic hydroxyl groups is 2.